The minimum absolute atomic E-state index is 0.0240. The summed E-state index contributed by atoms with van der Waals surface area (Å²) in [6.07, 6.45) is -0.0240. The van der Waals surface area contributed by atoms with Gasteiger partial charge in [0, 0.05) is 18.9 Å². The lowest BCUT2D eigenvalue weighted by molar-refractivity contribution is -0.120. The lowest BCUT2D eigenvalue weighted by Gasteiger charge is -2.30. The summed E-state index contributed by atoms with van der Waals surface area (Å²) in [5, 5.41) is 2.75. The average molecular weight is 317 g/mol. The number of Topliss-reactive ketones (excluding diaryl/α,β-unsaturated/α-hetero) is 1. The monoisotopic (exact) mass is 317 g/mol. The maximum Gasteiger partial charge on any atom is 0.217 e. The van der Waals surface area contributed by atoms with Crippen molar-refractivity contribution in [3.05, 3.63) is 71.3 Å². The Morgan fingerprint density at radius 2 is 1.43 bits per heavy atom. The third kappa shape index (κ3) is 4.22. The number of carbonyl (C=O) groups excluding carboxylic acids is 2. The molecule has 0 aliphatic rings. The fourth-order valence-corrected chi connectivity index (χ4v) is 2.48. The summed E-state index contributed by atoms with van der Waals surface area (Å²) in [4.78, 5) is 24.0. The van der Waals surface area contributed by atoms with E-state index >= 15 is 0 Å². The van der Waals surface area contributed by atoms with E-state index in [1.54, 1.807) is 6.92 Å². The van der Waals surface area contributed by atoms with Crippen LogP contribution in [-0.2, 0) is 10.3 Å². The zero-order chi connectivity index (χ0) is 17.0. The molecule has 0 heterocycles. The van der Waals surface area contributed by atoms with E-state index in [-0.39, 0.29) is 18.1 Å². The van der Waals surface area contributed by atoms with Gasteiger partial charge in [-0.1, -0.05) is 12.1 Å². The molecule has 1 atom stereocenters. The van der Waals surface area contributed by atoms with Gasteiger partial charge in [-0.3, -0.25) is 9.59 Å². The Balaban J connectivity index is 2.31. The number of amides is 1. The molecule has 2 aromatic carbocycles. The van der Waals surface area contributed by atoms with Crippen LogP contribution in [0, 0.1) is 11.6 Å². The van der Waals surface area contributed by atoms with Crippen molar-refractivity contribution in [1.29, 1.82) is 0 Å². The van der Waals surface area contributed by atoms with Gasteiger partial charge in [-0.05, 0) is 48.9 Å². The third-order valence-corrected chi connectivity index (χ3v) is 3.61. The molecule has 1 unspecified atom stereocenters. The van der Waals surface area contributed by atoms with E-state index in [9.17, 15) is 18.4 Å². The van der Waals surface area contributed by atoms with Crippen molar-refractivity contribution in [2.45, 2.75) is 25.8 Å². The Hall–Kier alpha value is -2.56. The van der Waals surface area contributed by atoms with Gasteiger partial charge in [0.2, 0.25) is 5.91 Å². The van der Waals surface area contributed by atoms with Gasteiger partial charge in [-0.15, -0.1) is 0 Å². The van der Waals surface area contributed by atoms with Crippen molar-refractivity contribution in [3.63, 3.8) is 0 Å². The van der Waals surface area contributed by atoms with E-state index in [4.69, 9.17) is 0 Å². The van der Waals surface area contributed by atoms with Gasteiger partial charge in [0.25, 0.3) is 0 Å². The van der Waals surface area contributed by atoms with Gasteiger partial charge < -0.3 is 5.32 Å². The molecular formula is C18H17F2NO2. The van der Waals surface area contributed by atoms with Gasteiger partial charge in [0.05, 0.1) is 5.54 Å². The van der Waals surface area contributed by atoms with Crippen LogP contribution in [0.2, 0.25) is 0 Å². The predicted octanol–water partition coefficient (Wildman–Crippen LogP) is 3.59. The molecule has 23 heavy (non-hydrogen) atoms. The number of benzene rings is 2. The minimum Gasteiger partial charge on any atom is -0.347 e. The standard InChI is InChI=1S/C18H17F2NO2/c1-12(22)21-18(2,14-5-9-16(20)10-6-14)11-17(23)13-3-7-15(19)8-4-13/h3-10H,11H2,1-2H3,(H,21,22). The summed E-state index contributed by atoms with van der Waals surface area (Å²) in [6, 6.07) is 10.8. The lowest BCUT2D eigenvalue weighted by atomic mass is 9.85. The number of halogens is 2. The third-order valence-electron chi connectivity index (χ3n) is 3.61. The quantitative estimate of drug-likeness (QED) is 0.857. The molecule has 2 aromatic rings. The molecule has 0 aliphatic heterocycles. The highest BCUT2D eigenvalue weighted by Crippen LogP contribution is 2.27. The molecule has 0 aromatic heterocycles. The zero-order valence-electron chi connectivity index (χ0n) is 12.9. The first-order valence-corrected chi connectivity index (χ1v) is 7.14. The molecule has 0 fully saturated rings. The van der Waals surface area contributed by atoms with E-state index in [1.165, 1.54) is 55.5 Å². The van der Waals surface area contributed by atoms with E-state index in [1.807, 2.05) is 0 Å². The summed E-state index contributed by atoms with van der Waals surface area (Å²) in [5.74, 6) is -1.37. The molecule has 0 saturated carbocycles. The molecule has 0 radical (unpaired) electrons. The van der Waals surface area contributed by atoms with Gasteiger partial charge in [-0.25, -0.2) is 8.78 Å². The number of ketones is 1. The van der Waals surface area contributed by atoms with E-state index in [2.05, 4.69) is 5.32 Å². The fraction of sp³-hybridized carbons (Fsp3) is 0.222. The first-order chi connectivity index (χ1) is 10.8. The summed E-state index contributed by atoms with van der Waals surface area (Å²) in [7, 11) is 0. The van der Waals surface area contributed by atoms with Gasteiger partial charge >= 0.3 is 0 Å². The second-order valence-corrected chi connectivity index (χ2v) is 5.63. The van der Waals surface area contributed by atoms with E-state index < -0.39 is 17.2 Å². The smallest absolute Gasteiger partial charge is 0.217 e. The molecule has 0 spiro atoms. The molecule has 0 aliphatic carbocycles. The molecule has 5 heteroatoms. The number of rotatable bonds is 5. The highest BCUT2D eigenvalue weighted by molar-refractivity contribution is 5.97. The van der Waals surface area contributed by atoms with Crippen LogP contribution < -0.4 is 5.32 Å². The van der Waals surface area contributed by atoms with Crippen LogP contribution in [-0.4, -0.2) is 11.7 Å². The van der Waals surface area contributed by atoms with E-state index in [0.29, 0.717) is 11.1 Å². The predicted molar refractivity (Wildman–Crippen MR) is 82.9 cm³/mol. The SMILES string of the molecule is CC(=O)NC(C)(CC(=O)c1ccc(F)cc1)c1ccc(F)cc1. The highest BCUT2D eigenvalue weighted by atomic mass is 19.1. The lowest BCUT2D eigenvalue weighted by Crippen LogP contribution is -2.44. The topological polar surface area (TPSA) is 46.2 Å². The summed E-state index contributed by atoms with van der Waals surface area (Å²) >= 11 is 0. The van der Waals surface area contributed by atoms with Crippen molar-refractivity contribution in [1.82, 2.24) is 5.32 Å². The van der Waals surface area contributed by atoms with Crippen LogP contribution in [0.4, 0.5) is 8.78 Å². The van der Waals surface area contributed by atoms with Crippen LogP contribution in [0.15, 0.2) is 48.5 Å². The van der Waals surface area contributed by atoms with Crippen molar-refractivity contribution in [2.75, 3.05) is 0 Å². The molecule has 120 valence electrons. The molecule has 0 bridgehead atoms. The number of hydrogen-bond donors (Lipinski definition) is 1. The maximum atomic E-state index is 13.1. The van der Waals surface area contributed by atoms with Gasteiger partial charge in [0.15, 0.2) is 5.78 Å². The zero-order valence-corrected chi connectivity index (χ0v) is 12.9. The maximum absolute atomic E-state index is 13.1. The van der Waals surface area contributed by atoms with Gasteiger partial charge in [-0.2, -0.15) is 0 Å². The second-order valence-electron chi connectivity index (χ2n) is 5.63. The van der Waals surface area contributed by atoms with Crippen molar-refractivity contribution >= 4 is 11.7 Å². The van der Waals surface area contributed by atoms with E-state index in [0.717, 1.165) is 0 Å². The fourth-order valence-electron chi connectivity index (χ4n) is 2.48. The van der Waals surface area contributed by atoms with Gasteiger partial charge in [0.1, 0.15) is 11.6 Å². The number of nitrogens with one attached hydrogen (secondary N) is 1. The molecule has 1 N–H and O–H groups in total. The largest absolute Gasteiger partial charge is 0.347 e. The summed E-state index contributed by atoms with van der Waals surface area (Å²) in [6.45, 7) is 3.05. The molecule has 3 nitrogen and oxygen atoms in total. The van der Waals surface area contributed by atoms with Crippen molar-refractivity contribution in [2.24, 2.45) is 0 Å². The molecule has 1 amide bonds. The summed E-state index contributed by atoms with van der Waals surface area (Å²) in [5.41, 5.74) is -0.0139. The Morgan fingerprint density at radius 1 is 0.957 bits per heavy atom. The van der Waals surface area contributed by atoms with Crippen LogP contribution >= 0.6 is 0 Å². The van der Waals surface area contributed by atoms with Crippen LogP contribution in [0.3, 0.4) is 0 Å². The minimum atomic E-state index is -0.981. The average Bonchev–Trinajstić information content (AvgIpc) is 2.47. The van der Waals surface area contributed by atoms with Crippen LogP contribution in [0.25, 0.3) is 0 Å². The first kappa shape index (κ1) is 16.8. The summed E-state index contributed by atoms with van der Waals surface area (Å²) < 4.78 is 26.1. The van der Waals surface area contributed by atoms with Crippen molar-refractivity contribution in [3.8, 4) is 0 Å². The van der Waals surface area contributed by atoms with Crippen molar-refractivity contribution < 1.29 is 18.4 Å². The Kier molecular flexibility index (Phi) is 4.89. The Bertz CT molecular complexity index is 711. The second kappa shape index (κ2) is 6.69. The molecular weight excluding hydrogens is 300 g/mol. The molecule has 0 saturated heterocycles. The number of hydrogen-bond acceptors (Lipinski definition) is 2. The van der Waals surface area contributed by atoms with Crippen LogP contribution in [0.1, 0.15) is 36.2 Å². The van der Waals surface area contributed by atoms with Crippen LogP contribution in [0.5, 0.6) is 0 Å². The first-order valence-electron chi connectivity index (χ1n) is 7.14. The Labute approximate surface area is 133 Å². The Morgan fingerprint density at radius 3 is 1.91 bits per heavy atom. The molecule has 2 rings (SSSR count). The normalized spacial score (nSPS) is 13.2. The highest BCUT2D eigenvalue weighted by Gasteiger charge is 2.31. The number of carbonyl (C=O) groups is 2.